The SMILES string of the molecule is O=C(O)CCCSc1ccc(-c2cccnc2SCC2CC2)cc1F. The van der Waals surface area contributed by atoms with Crippen LogP contribution in [-0.4, -0.2) is 27.6 Å². The summed E-state index contributed by atoms with van der Waals surface area (Å²) in [7, 11) is 0. The summed E-state index contributed by atoms with van der Waals surface area (Å²) in [6.07, 6.45) is 5.03. The Balaban J connectivity index is 1.68. The van der Waals surface area contributed by atoms with Gasteiger partial charge in [0.25, 0.3) is 0 Å². The third-order valence-electron chi connectivity index (χ3n) is 3.96. The van der Waals surface area contributed by atoms with E-state index in [0.29, 0.717) is 17.1 Å². The van der Waals surface area contributed by atoms with Crippen molar-refractivity contribution in [2.45, 2.75) is 35.6 Å². The van der Waals surface area contributed by atoms with Gasteiger partial charge in [0.05, 0.1) is 0 Å². The van der Waals surface area contributed by atoms with Gasteiger partial charge in [-0.15, -0.1) is 23.5 Å². The lowest BCUT2D eigenvalue weighted by Crippen LogP contribution is -1.95. The number of carbonyl (C=O) groups is 1. The molecule has 0 saturated heterocycles. The van der Waals surface area contributed by atoms with E-state index in [4.69, 9.17) is 5.11 Å². The van der Waals surface area contributed by atoms with Crippen LogP contribution in [0.1, 0.15) is 25.7 Å². The van der Waals surface area contributed by atoms with Crippen LogP contribution < -0.4 is 0 Å². The number of pyridine rings is 1. The molecule has 0 amide bonds. The van der Waals surface area contributed by atoms with E-state index in [-0.39, 0.29) is 12.2 Å². The summed E-state index contributed by atoms with van der Waals surface area (Å²) in [5, 5.41) is 9.60. The van der Waals surface area contributed by atoms with E-state index in [9.17, 15) is 9.18 Å². The molecule has 1 fully saturated rings. The molecule has 1 saturated carbocycles. The maximum Gasteiger partial charge on any atom is 0.303 e. The Morgan fingerprint density at radius 3 is 2.84 bits per heavy atom. The second kappa shape index (κ2) is 8.72. The van der Waals surface area contributed by atoms with Gasteiger partial charge in [0, 0.05) is 28.8 Å². The first kappa shape index (κ1) is 18.3. The number of aliphatic carboxylic acids is 1. The lowest BCUT2D eigenvalue weighted by Gasteiger charge is -2.10. The van der Waals surface area contributed by atoms with Crippen molar-refractivity contribution >= 4 is 29.5 Å². The first-order valence-corrected chi connectivity index (χ1v) is 10.3. The summed E-state index contributed by atoms with van der Waals surface area (Å²) in [4.78, 5) is 15.5. The normalized spacial score (nSPS) is 13.8. The number of benzene rings is 1. The van der Waals surface area contributed by atoms with Gasteiger partial charge < -0.3 is 5.11 Å². The topological polar surface area (TPSA) is 50.2 Å². The Bertz CT molecular complexity index is 750. The molecule has 2 aromatic rings. The van der Waals surface area contributed by atoms with Crippen molar-refractivity contribution in [1.29, 1.82) is 0 Å². The molecule has 25 heavy (non-hydrogen) atoms. The minimum atomic E-state index is -0.816. The molecule has 0 bridgehead atoms. The third-order valence-corrected chi connectivity index (χ3v) is 6.33. The fraction of sp³-hybridized carbons (Fsp3) is 0.368. The Kier molecular flexibility index (Phi) is 6.37. The van der Waals surface area contributed by atoms with Gasteiger partial charge in [-0.05, 0) is 54.7 Å². The van der Waals surface area contributed by atoms with Gasteiger partial charge in [-0.3, -0.25) is 4.79 Å². The van der Waals surface area contributed by atoms with Crippen LogP contribution in [0.3, 0.4) is 0 Å². The zero-order valence-electron chi connectivity index (χ0n) is 13.8. The zero-order valence-corrected chi connectivity index (χ0v) is 15.4. The Hall–Kier alpha value is -1.53. The molecule has 6 heteroatoms. The molecule has 0 unspecified atom stereocenters. The fourth-order valence-electron chi connectivity index (χ4n) is 2.40. The second-order valence-electron chi connectivity index (χ2n) is 6.10. The van der Waals surface area contributed by atoms with E-state index < -0.39 is 5.97 Å². The summed E-state index contributed by atoms with van der Waals surface area (Å²) in [6.45, 7) is 0. The lowest BCUT2D eigenvalue weighted by atomic mass is 10.1. The molecule has 3 nitrogen and oxygen atoms in total. The number of carboxylic acid groups (broad SMARTS) is 1. The first-order chi connectivity index (χ1) is 12.1. The number of carboxylic acids is 1. The molecule has 1 aliphatic carbocycles. The molecule has 0 radical (unpaired) electrons. The van der Waals surface area contributed by atoms with Gasteiger partial charge in [0.15, 0.2) is 0 Å². The second-order valence-corrected chi connectivity index (χ2v) is 8.25. The van der Waals surface area contributed by atoms with Crippen LogP contribution >= 0.6 is 23.5 Å². The van der Waals surface area contributed by atoms with Crippen LogP contribution in [0.25, 0.3) is 11.1 Å². The molecule has 1 N–H and O–H groups in total. The van der Waals surface area contributed by atoms with Crippen molar-refractivity contribution in [3.8, 4) is 11.1 Å². The Morgan fingerprint density at radius 2 is 2.12 bits per heavy atom. The van der Waals surface area contributed by atoms with Crippen LogP contribution in [-0.2, 0) is 4.79 Å². The van der Waals surface area contributed by atoms with Crippen LogP contribution in [0.15, 0.2) is 46.5 Å². The zero-order chi connectivity index (χ0) is 17.6. The van der Waals surface area contributed by atoms with E-state index in [1.54, 1.807) is 30.1 Å². The van der Waals surface area contributed by atoms with E-state index in [0.717, 1.165) is 27.8 Å². The maximum atomic E-state index is 14.4. The summed E-state index contributed by atoms with van der Waals surface area (Å²) < 4.78 is 14.4. The fourth-order valence-corrected chi connectivity index (χ4v) is 4.47. The van der Waals surface area contributed by atoms with Crippen molar-refractivity contribution < 1.29 is 14.3 Å². The number of thioether (sulfide) groups is 2. The van der Waals surface area contributed by atoms with Crippen molar-refractivity contribution in [1.82, 2.24) is 4.98 Å². The number of nitrogens with zero attached hydrogens (tertiary/aromatic N) is 1. The molecule has 3 rings (SSSR count). The summed E-state index contributed by atoms with van der Waals surface area (Å²) in [5.74, 6) is 1.40. The van der Waals surface area contributed by atoms with E-state index in [1.165, 1.54) is 24.6 Å². The molecule has 0 spiro atoms. The van der Waals surface area contributed by atoms with Gasteiger partial charge in [-0.1, -0.05) is 12.1 Å². The van der Waals surface area contributed by atoms with Gasteiger partial charge in [0.1, 0.15) is 10.8 Å². The number of hydrogen-bond acceptors (Lipinski definition) is 4. The van der Waals surface area contributed by atoms with Crippen LogP contribution in [0.4, 0.5) is 4.39 Å². The molecular weight excluding hydrogens is 357 g/mol. The molecule has 1 aliphatic rings. The monoisotopic (exact) mass is 377 g/mol. The highest BCUT2D eigenvalue weighted by Gasteiger charge is 2.22. The number of rotatable bonds is 9. The average molecular weight is 378 g/mol. The van der Waals surface area contributed by atoms with Gasteiger partial charge in [-0.25, -0.2) is 9.37 Å². The molecular formula is C19H20FNO2S2. The first-order valence-electron chi connectivity index (χ1n) is 8.36. The summed E-state index contributed by atoms with van der Waals surface area (Å²) in [6, 6.07) is 9.11. The van der Waals surface area contributed by atoms with E-state index >= 15 is 0 Å². The van der Waals surface area contributed by atoms with Gasteiger partial charge >= 0.3 is 5.97 Å². The minimum absolute atomic E-state index is 0.115. The lowest BCUT2D eigenvalue weighted by molar-refractivity contribution is -0.137. The smallest absolute Gasteiger partial charge is 0.303 e. The van der Waals surface area contributed by atoms with E-state index in [2.05, 4.69) is 4.98 Å². The highest BCUT2D eigenvalue weighted by atomic mass is 32.2. The highest BCUT2D eigenvalue weighted by molar-refractivity contribution is 7.99. The molecule has 0 aliphatic heterocycles. The molecule has 1 heterocycles. The maximum absolute atomic E-state index is 14.4. The molecule has 0 atom stereocenters. The number of hydrogen-bond donors (Lipinski definition) is 1. The molecule has 1 aromatic carbocycles. The quantitative estimate of drug-likeness (QED) is 0.472. The largest absolute Gasteiger partial charge is 0.481 e. The standard InChI is InChI=1S/C19H20FNO2S2/c20-16-11-14(7-8-17(16)24-10-2-4-18(22)23)15-3-1-9-21-19(15)25-12-13-5-6-13/h1,3,7-9,11,13H,2,4-6,10,12H2,(H,22,23). The predicted octanol–water partition coefficient (Wildman–Crippen LogP) is 5.35. The van der Waals surface area contributed by atoms with E-state index in [1.807, 2.05) is 18.2 Å². The van der Waals surface area contributed by atoms with Crippen LogP contribution in [0.5, 0.6) is 0 Å². The number of aromatic nitrogens is 1. The highest BCUT2D eigenvalue weighted by Crippen LogP contribution is 2.38. The number of halogens is 1. The van der Waals surface area contributed by atoms with Crippen molar-refractivity contribution in [2.75, 3.05) is 11.5 Å². The van der Waals surface area contributed by atoms with Gasteiger partial charge in [0.2, 0.25) is 0 Å². The Labute approximate surface area is 155 Å². The molecule has 1 aromatic heterocycles. The predicted molar refractivity (Wildman–Crippen MR) is 101 cm³/mol. The van der Waals surface area contributed by atoms with Crippen LogP contribution in [0, 0.1) is 11.7 Å². The summed E-state index contributed by atoms with van der Waals surface area (Å²) >= 11 is 3.11. The Morgan fingerprint density at radius 1 is 1.28 bits per heavy atom. The third kappa shape index (κ3) is 5.47. The average Bonchev–Trinajstić information content (AvgIpc) is 3.42. The van der Waals surface area contributed by atoms with Crippen molar-refractivity contribution in [3.05, 3.63) is 42.3 Å². The van der Waals surface area contributed by atoms with Gasteiger partial charge in [-0.2, -0.15) is 0 Å². The van der Waals surface area contributed by atoms with Crippen LogP contribution in [0.2, 0.25) is 0 Å². The minimum Gasteiger partial charge on any atom is -0.481 e. The van der Waals surface area contributed by atoms with Crippen molar-refractivity contribution in [3.63, 3.8) is 0 Å². The van der Waals surface area contributed by atoms with Crippen molar-refractivity contribution in [2.24, 2.45) is 5.92 Å². The summed E-state index contributed by atoms with van der Waals surface area (Å²) in [5.41, 5.74) is 1.80. The molecule has 132 valence electrons.